The summed E-state index contributed by atoms with van der Waals surface area (Å²) in [5, 5.41) is 9.81. The highest BCUT2D eigenvalue weighted by molar-refractivity contribution is 6.30. The molecule has 8 heteroatoms. The Morgan fingerprint density at radius 2 is 2.00 bits per heavy atom. The van der Waals surface area contributed by atoms with E-state index in [0.717, 1.165) is 12.1 Å². The smallest absolute Gasteiger partial charge is 0.272 e. The van der Waals surface area contributed by atoms with Crippen LogP contribution in [0.5, 0.6) is 0 Å². The van der Waals surface area contributed by atoms with Gasteiger partial charge in [-0.3, -0.25) is 4.79 Å². The van der Waals surface area contributed by atoms with Gasteiger partial charge in [0.15, 0.2) is 0 Å². The zero-order valence-corrected chi connectivity index (χ0v) is 13.4. The van der Waals surface area contributed by atoms with E-state index >= 15 is 0 Å². The summed E-state index contributed by atoms with van der Waals surface area (Å²) in [6.45, 7) is -0.842. The molecule has 0 spiro atoms. The van der Waals surface area contributed by atoms with Gasteiger partial charge >= 0.3 is 0 Å². The SMILES string of the molecule is O=c1[nH]nc2c3c(cc(F)cc13)N[C@@H](CF)[C@@H]2c1ccc(Cl)cc1F. The molecule has 1 aliphatic heterocycles. The van der Waals surface area contributed by atoms with Crippen LogP contribution in [0.15, 0.2) is 35.1 Å². The standard InChI is InChI=1S/C17H11ClF3N3O/c18-7-1-2-9(11(21)3-7)14-13(6-19)22-12-5-8(20)4-10-15(12)16(14)23-24-17(10)25/h1-5,13-14,22H,6H2,(H,24,25)/t13-,14-/m0/s1. The first-order valence-electron chi connectivity index (χ1n) is 7.49. The molecule has 3 aromatic rings. The van der Waals surface area contributed by atoms with Gasteiger partial charge in [-0.15, -0.1) is 0 Å². The second kappa shape index (κ2) is 5.77. The number of aromatic amines is 1. The number of nitrogens with zero attached hydrogens (tertiary/aromatic N) is 1. The minimum atomic E-state index is -0.869. The molecule has 0 fully saturated rings. The number of H-pyrrole nitrogens is 1. The minimum Gasteiger partial charge on any atom is -0.378 e. The van der Waals surface area contributed by atoms with Crippen LogP contribution in [0.25, 0.3) is 10.8 Å². The molecule has 2 heterocycles. The lowest BCUT2D eigenvalue weighted by molar-refractivity contribution is 0.412. The van der Waals surface area contributed by atoms with Crippen molar-refractivity contribution in [2.75, 3.05) is 12.0 Å². The largest absolute Gasteiger partial charge is 0.378 e. The molecule has 0 amide bonds. The van der Waals surface area contributed by atoms with E-state index in [-0.39, 0.29) is 27.4 Å². The second-order valence-corrected chi connectivity index (χ2v) is 6.30. The Hall–Kier alpha value is -2.54. The minimum absolute atomic E-state index is 0.0733. The molecule has 25 heavy (non-hydrogen) atoms. The van der Waals surface area contributed by atoms with Crippen LogP contribution in [0.3, 0.4) is 0 Å². The van der Waals surface area contributed by atoms with Crippen molar-refractivity contribution >= 4 is 28.1 Å². The van der Waals surface area contributed by atoms with E-state index < -0.39 is 35.8 Å². The van der Waals surface area contributed by atoms with E-state index in [0.29, 0.717) is 5.39 Å². The summed E-state index contributed by atoms with van der Waals surface area (Å²) in [5.74, 6) is -2.05. The first-order chi connectivity index (χ1) is 12.0. The third-order valence-corrected chi connectivity index (χ3v) is 4.62. The van der Waals surface area contributed by atoms with Crippen LogP contribution in [0.2, 0.25) is 5.02 Å². The Balaban J connectivity index is 2.05. The Kier molecular flexibility index (Phi) is 3.68. The molecule has 4 rings (SSSR count). The van der Waals surface area contributed by atoms with Crippen LogP contribution in [-0.4, -0.2) is 22.9 Å². The number of hydrogen-bond donors (Lipinski definition) is 2. The van der Waals surface area contributed by atoms with Gasteiger partial charge in [0.25, 0.3) is 5.56 Å². The number of alkyl halides is 1. The lowest BCUT2D eigenvalue weighted by Gasteiger charge is -2.32. The Bertz CT molecular complexity index is 1050. The highest BCUT2D eigenvalue weighted by atomic mass is 35.5. The predicted octanol–water partition coefficient (Wildman–Crippen LogP) is 3.75. The van der Waals surface area contributed by atoms with Crippen LogP contribution in [0.1, 0.15) is 17.2 Å². The summed E-state index contributed by atoms with van der Waals surface area (Å²) in [6.07, 6.45) is 0. The van der Waals surface area contributed by atoms with Crippen molar-refractivity contribution in [3.63, 3.8) is 0 Å². The number of aromatic nitrogens is 2. The lowest BCUT2D eigenvalue weighted by Crippen LogP contribution is -2.36. The molecular formula is C17H11ClF3N3O. The molecule has 0 saturated carbocycles. The van der Waals surface area contributed by atoms with Gasteiger partial charge in [0, 0.05) is 16.1 Å². The molecule has 2 atom stereocenters. The molecule has 0 radical (unpaired) electrons. The quantitative estimate of drug-likeness (QED) is 0.727. The van der Waals surface area contributed by atoms with E-state index in [1.807, 2.05) is 0 Å². The molecule has 4 nitrogen and oxygen atoms in total. The van der Waals surface area contributed by atoms with Crippen molar-refractivity contribution in [2.45, 2.75) is 12.0 Å². The van der Waals surface area contributed by atoms with Crippen LogP contribution < -0.4 is 10.9 Å². The fourth-order valence-electron chi connectivity index (χ4n) is 3.35. The van der Waals surface area contributed by atoms with Crippen LogP contribution in [0, 0.1) is 11.6 Å². The van der Waals surface area contributed by atoms with Crippen molar-refractivity contribution in [1.82, 2.24) is 10.2 Å². The van der Waals surface area contributed by atoms with E-state index in [2.05, 4.69) is 15.5 Å². The number of nitrogens with one attached hydrogen (secondary N) is 2. The summed E-state index contributed by atoms with van der Waals surface area (Å²) >= 11 is 5.79. The van der Waals surface area contributed by atoms with Crippen molar-refractivity contribution in [2.24, 2.45) is 0 Å². The van der Waals surface area contributed by atoms with Crippen LogP contribution in [0.4, 0.5) is 18.9 Å². The van der Waals surface area contributed by atoms with Gasteiger partial charge in [-0.25, -0.2) is 18.3 Å². The van der Waals surface area contributed by atoms with Crippen molar-refractivity contribution in [3.8, 4) is 0 Å². The van der Waals surface area contributed by atoms with E-state index in [1.54, 1.807) is 0 Å². The molecule has 0 saturated heterocycles. The molecule has 1 aliphatic rings. The van der Waals surface area contributed by atoms with Gasteiger partial charge in [-0.2, -0.15) is 5.10 Å². The average molecular weight is 366 g/mol. The second-order valence-electron chi connectivity index (χ2n) is 5.86. The Morgan fingerprint density at radius 1 is 1.20 bits per heavy atom. The van der Waals surface area contributed by atoms with Gasteiger partial charge < -0.3 is 5.32 Å². The maximum absolute atomic E-state index is 14.5. The van der Waals surface area contributed by atoms with Gasteiger partial charge in [0.1, 0.15) is 18.3 Å². The highest BCUT2D eigenvalue weighted by Crippen LogP contribution is 2.41. The molecule has 0 aliphatic carbocycles. The number of rotatable bonds is 2. The Morgan fingerprint density at radius 3 is 2.72 bits per heavy atom. The van der Waals surface area contributed by atoms with E-state index in [4.69, 9.17) is 11.6 Å². The summed E-state index contributed by atoms with van der Waals surface area (Å²) < 4.78 is 41.9. The van der Waals surface area contributed by atoms with Crippen LogP contribution >= 0.6 is 11.6 Å². The third-order valence-electron chi connectivity index (χ3n) is 4.38. The number of anilines is 1. The maximum Gasteiger partial charge on any atom is 0.272 e. The van der Waals surface area contributed by atoms with Crippen molar-refractivity contribution in [3.05, 3.63) is 68.6 Å². The normalized spacial score (nSPS) is 19.0. The maximum atomic E-state index is 14.5. The van der Waals surface area contributed by atoms with Crippen LogP contribution in [-0.2, 0) is 0 Å². The average Bonchev–Trinajstić information content (AvgIpc) is 2.57. The lowest BCUT2D eigenvalue weighted by atomic mass is 9.83. The number of halogens is 4. The fraction of sp³-hybridized carbons (Fsp3) is 0.176. The molecule has 0 bridgehead atoms. The van der Waals surface area contributed by atoms with E-state index in [1.165, 1.54) is 18.2 Å². The molecule has 1 aromatic heterocycles. The van der Waals surface area contributed by atoms with Gasteiger partial charge in [-0.05, 0) is 29.8 Å². The third kappa shape index (κ3) is 2.46. The summed E-state index contributed by atoms with van der Waals surface area (Å²) in [7, 11) is 0. The van der Waals surface area contributed by atoms with Gasteiger partial charge in [0.2, 0.25) is 0 Å². The Labute approximate surface area is 144 Å². The molecule has 0 unspecified atom stereocenters. The fourth-order valence-corrected chi connectivity index (χ4v) is 3.51. The highest BCUT2D eigenvalue weighted by Gasteiger charge is 2.35. The summed E-state index contributed by atoms with van der Waals surface area (Å²) in [4.78, 5) is 12.0. The number of benzene rings is 2. The molecular weight excluding hydrogens is 355 g/mol. The molecule has 128 valence electrons. The first-order valence-corrected chi connectivity index (χ1v) is 7.86. The molecule has 2 aromatic carbocycles. The summed E-state index contributed by atoms with van der Waals surface area (Å²) in [6, 6.07) is 5.47. The summed E-state index contributed by atoms with van der Waals surface area (Å²) in [5.41, 5.74) is 0.162. The monoisotopic (exact) mass is 365 g/mol. The zero-order valence-electron chi connectivity index (χ0n) is 12.6. The first kappa shape index (κ1) is 16.0. The zero-order chi connectivity index (χ0) is 17.7. The van der Waals surface area contributed by atoms with E-state index in [9.17, 15) is 18.0 Å². The van der Waals surface area contributed by atoms with Gasteiger partial charge in [0.05, 0.1) is 23.0 Å². The van der Waals surface area contributed by atoms with Gasteiger partial charge in [-0.1, -0.05) is 17.7 Å². The van der Waals surface area contributed by atoms with Crippen molar-refractivity contribution in [1.29, 1.82) is 0 Å². The molecule has 2 N–H and O–H groups in total. The van der Waals surface area contributed by atoms with Crippen molar-refractivity contribution < 1.29 is 13.2 Å². The predicted molar refractivity (Wildman–Crippen MR) is 89.0 cm³/mol. The number of hydrogen-bond acceptors (Lipinski definition) is 3. The topological polar surface area (TPSA) is 57.8 Å².